The second-order valence-electron chi connectivity index (χ2n) is 8.71. The lowest BCUT2D eigenvalue weighted by Gasteiger charge is -2.18. The minimum Gasteiger partial charge on any atom is -0.480 e. The summed E-state index contributed by atoms with van der Waals surface area (Å²) in [5.74, 6) is -0.867. The predicted octanol–water partition coefficient (Wildman–Crippen LogP) is 3.40. The van der Waals surface area contributed by atoms with Crippen LogP contribution < -0.4 is 10.6 Å². The van der Waals surface area contributed by atoms with Crippen molar-refractivity contribution in [2.75, 3.05) is 25.2 Å². The lowest BCUT2D eigenvalue weighted by Crippen LogP contribution is -2.46. The van der Waals surface area contributed by atoms with Gasteiger partial charge in [0, 0.05) is 12.5 Å². The summed E-state index contributed by atoms with van der Waals surface area (Å²) in [6.07, 6.45) is 1.70. The van der Waals surface area contributed by atoms with E-state index in [2.05, 4.69) is 34.9 Å². The first-order chi connectivity index (χ1) is 17.0. The van der Waals surface area contributed by atoms with E-state index >= 15 is 0 Å². The Bertz CT molecular complexity index is 1030. The normalized spacial score (nSPS) is 19.5. The molecule has 0 bridgehead atoms. The molecule has 3 N–H and O–H groups in total. The van der Waals surface area contributed by atoms with Crippen molar-refractivity contribution in [1.82, 2.24) is 10.6 Å². The van der Waals surface area contributed by atoms with Crippen molar-refractivity contribution in [3.63, 3.8) is 0 Å². The molecule has 1 aliphatic carbocycles. The highest BCUT2D eigenvalue weighted by molar-refractivity contribution is 7.98. The van der Waals surface area contributed by atoms with Crippen LogP contribution in [0.2, 0.25) is 0 Å². The average Bonchev–Trinajstić information content (AvgIpc) is 3.47. The Morgan fingerprint density at radius 2 is 1.74 bits per heavy atom. The number of amides is 2. The predicted molar refractivity (Wildman–Crippen MR) is 134 cm³/mol. The molecule has 186 valence electrons. The number of hydrogen-bond donors (Lipinski definition) is 3. The number of thioether (sulfide) groups is 1. The van der Waals surface area contributed by atoms with E-state index in [-0.39, 0.29) is 25.2 Å². The number of carbonyl (C=O) groups excluding carboxylic acids is 2. The second kappa shape index (κ2) is 11.6. The number of carboxylic acids is 1. The lowest BCUT2D eigenvalue weighted by molar-refractivity contribution is -0.144. The van der Waals surface area contributed by atoms with Gasteiger partial charge in [0.1, 0.15) is 18.8 Å². The Morgan fingerprint density at radius 1 is 1.09 bits per heavy atom. The van der Waals surface area contributed by atoms with Gasteiger partial charge in [0.15, 0.2) is 0 Å². The maximum Gasteiger partial charge on any atom is 0.407 e. The highest BCUT2D eigenvalue weighted by atomic mass is 32.2. The number of fused-ring (bicyclic) bond motifs is 3. The van der Waals surface area contributed by atoms with Gasteiger partial charge in [-0.2, -0.15) is 11.8 Å². The highest BCUT2D eigenvalue weighted by Crippen LogP contribution is 2.44. The smallest absolute Gasteiger partial charge is 0.407 e. The Hall–Kier alpha value is -3.04. The van der Waals surface area contributed by atoms with Gasteiger partial charge in [-0.3, -0.25) is 4.79 Å². The quantitative estimate of drug-likeness (QED) is 0.460. The molecule has 2 aromatic carbocycles. The maximum atomic E-state index is 12.4. The van der Waals surface area contributed by atoms with Crippen molar-refractivity contribution in [2.24, 2.45) is 0 Å². The number of nitrogens with one attached hydrogen (secondary N) is 2. The van der Waals surface area contributed by atoms with Crippen LogP contribution in [-0.4, -0.2) is 66.5 Å². The molecule has 8 nitrogen and oxygen atoms in total. The number of aliphatic carboxylic acids is 1. The van der Waals surface area contributed by atoms with E-state index in [0.717, 1.165) is 11.1 Å². The summed E-state index contributed by atoms with van der Waals surface area (Å²) in [6, 6.07) is 15.4. The topological polar surface area (TPSA) is 114 Å². The van der Waals surface area contributed by atoms with Gasteiger partial charge in [0.25, 0.3) is 0 Å². The minimum absolute atomic E-state index is 0.0164. The molecule has 1 aliphatic heterocycles. The molecular weight excluding hydrogens is 468 g/mol. The van der Waals surface area contributed by atoms with Crippen molar-refractivity contribution in [3.8, 4) is 11.1 Å². The van der Waals surface area contributed by atoms with Crippen molar-refractivity contribution in [1.29, 1.82) is 0 Å². The first-order valence-corrected chi connectivity index (χ1v) is 13.1. The first kappa shape index (κ1) is 25.1. The summed E-state index contributed by atoms with van der Waals surface area (Å²) in [4.78, 5) is 36.2. The molecule has 2 aliphatic rings. The average molecular weight is 499 g/mol. The third-order valence-electron chi connectivity index (χ3n) is 6.44. The van der Waals surface area contributed by atoms with Crippen LogP contribution >= 0.6 is 11.8 Å². The van der Waals surface area contributed by atoms with Crippen LogP contribution in [0, 0.1) is 0 Å². The van der Waals surface area contributed by atoms with Crippen LogP contribution in [0.15, 0.2) is 48.5 Å². The summed E-state index contributed by atoms with van der Waals surface area (Å²) in [5.41, 5.74) is 4.62. The monoisotopic (exact) mass is 498 g/mol. The second-order valence-corrected chi connectivity index (χ2v) is 9.70. The third-order valence-corrected chi connectivity index (χ3v) is 7.09. The van der Waals surface area contributed by atoms with E-state index < -0.39 is 30.1 Å². The molecule has 1 fully saturated rings. The molecule has 35 heavy (non-hydrogen) atoms. The molecule has 0 spiro atoms. The first-order valence-electron chi connectivity index (χ1n) is 11.7. The molecule has 1 saturated heterocycles. The van der Waals surface area contributed by atoms with Crippen LogP contribution in [0.1, 0.15) is 36.3 Å². The summed E-state index contributed by atoms with van der Waals surface area (Å²) in [5, 5.41) is 14.6. The van der Waals surface area contributed by atoms with Crippen LogP contribution in [-0.2, 0) is 19.1 Å². The minimum atomic E-state index is -1.06. The highest BCUT2D eigenvalue weighted by Gasteiger charge is 2.33. The fraction of sp³-hybridized carbons (Fsp3) is 0.423. The molecule has 0 saturated carbocycles. The summed E-state index contributed by atoms with van der Waals surface area (Å²) in [7, 11) is 0. The standard InChI is InChI=1S/C26H30N2O6S/c1-35-13-12-22(25(30)31)28-24(29)23-11-10-16(34-23)14-27-26(32)33-15-21-19-8-4-2-6-17(19)18-7-3-5-9-20(18)21/h2-9,16,21-23H,10-15H2,1H3,(H,27,32)(H,28,29)(H,30,31)/t16?,22-,23?/m1/s1. The molecule has 1 heterocycles. The number of carboxylic acid groups (broad SMARTS) is 1. The number of rotatable bonds is 10. The van der Waals surface area contributed by atoms with Crippen LogP contribution in [0.4, 0.5) is 4.79 Å². The number of carbonyl (C=O) groups is 3. The summed E-state index contributed by atoms with van der Waals surface area (Å²) in [6.45, 7) is 0.443. The number of benzene rings is 2. The molecule has 3 atom stereocenters. The molecule has 4 rings (SSSR count). The SMILES string of the molecule is CSCC[C@@H](NC(=O)C1CCC(CNC(=O)OCC2c3ccccc3-c3ccccc32)O1)C(=O)O. The van der Waals surface area contributed by atoms with Gasteiger partial charge in [0.2, 0.25) is 5.91 Å². The summed E-state index contributed by atoms with van der Waals surface area (Å²) >= 11 is 1.52. The molecule has 2 amide bonds. The number of ether oxygens (including phenoxy) is 2. The zero-order chi connectivity index (χ0) is 24.8. The Balaban J connectivity index is 1.23. The fourth-order valence-electron chi connectivity index (χ4n) is 4.65. The third kappa shape index (κ3) is 5.97. The van der Waals surface area contributed by atoms with Crippen molar-refractivity contribution in [3.05, 3.63) is 59.7 Å². The molecule has 0 radical (unpaired) electrons. The number of hydrogen-bond acceptors (Lipinski definition) is 6. The van der Waals surface area contributed by atoms with Crippen molar-refractivity contribution < 1.29 is 29.0 Å². The Morgan fingerprint density at radius 3 is 2.37 bits per heavy atom. The van der Waals surface area contributed by atoms with Gasteiger partial charge in [-0.05, 0) is 53.5 Å². The molecule has 2 unspecified atom stereocenters. The van der Waals surface area contributed by atoms with Gasteiger partial charge in [-0.1, -0.05) is 48.5 Å². The van der Waals surface area contributed by atoms with E-state index in [1.807, 2.05) is 30.5 Å². The van der Waals surface area contributed by atoms with E-state index in [4.69, 9.17) is 9.47 Å². The van der Waals surface area contributed by atoms with Crippen LogP contribution in [0.3, 0.4) is 0 Å². The lowest BCUT2D eigenvalue weighted by atomic mass is 9.98. The fourth-order valence-corrected chi connectivity index (χ4v) is 5.12. The zero-order valence-corrected chi connectivity index (χ0v) is 20.4. The van der Waals surface area contributed by atoms with Crippen LogP contribution in [0.5, 0.6) is 0 Å². The van der Waals surface area contributed by atoms with Crippen molar-refractivity contribution >= 4 is 29.7 Å². The van der Waals surface area contributed by atoms with Gasteiger partial charge < -0.3 is 25.2 Å². The largest absolute Gasteiger partial charge is 0.480 e. The molecule has 9 heteroatoms. The Kier molecular flexibility index (Phi) is 8.30. The molecular formula is C26H30N2O6S. The zero-order valence-electron chi connectivity index (χ0n) is 19.6. The van der Waals surface area contributed by atoms with E-state index in [0.29, 0.717) is 25.0 Å². The van der Waals surface area contributed by atoms with Gasteiger partial charge >= 0.3 is 12.1 Å². The molecule has 0 aromatic heterocycles. The van der Waals surface area contributed by atoms with E-state index in [9.17, 15) is 19.5 Å². The van der Waals surface area contributed by atoms with Crippen molar-refractivity contribution in [2.45, 2.75) is 43.4 Å². The summed E-state index contributed by atoms with van der Waals surface area (Å²) < 4.78 is 11.3. The number of alkyl carbamates (subject to hydrolysis) is 1. The Labute approximate surface area is 208 Å². The van der Waals surface area contributed by atoms with E-state index in [1.54, 1.807) is 0 Å². The van der Waals surface area contributed by atoms with E-state index in [1.165, 1.54) is 22.9 Å². The molecule has 2 aromatic rings. The van der Waals surface area contributed by atoms with Gasteiger partial charge in [-0.25, -0.2) is 9.59 Å². The van der Waals surface area contributed by atoms with Gasteiger partial charge in [-0.15, -0.1) is 0 Å². The maximum absolute atomic E-state index is 12.4. The van der Waals surface area contributed by atoms with Gasteiger partial charge in [0.05, 0.1) is 6.10 Å². The van der Waals surface area contributed by atoms with Crippen LogP contribution in [0.25, 0.3) is 11.1 Å².